The van der Waals surface area contributed by atoms with E-state index in [1.165, 1.54) is 35.9 Å². The van der Waals surface area contributed by atoms with Crippen molar-refractivity contribution >= 4 is 29.1 Å². The molecule has 0 spiro atoms. The lowest BCUT2D eigenvalue weighted by Gasteiger charge is -2.25. The molecule has 0 saturated carbocycles. The van der Waals surface area contributed by atoms with Crippen LogP contribution in [0.1, 0.15) is 14.5 Å². The number of nitrogens with one attached hydrogen (secondary N) is 1. The monoisotopic (exact) mass is 286 g/mol. The summed E-state index contributed by atoms with van der Waals surface area (Å²) >= 11 is 3.37. The number of aromatic carboxylic acids is 1. The highest BCUT2D eigenvalue weighted by Gasteiger charge is 2.09. The summed E-state index contributed by atoms with van der Waals surface area (Å²) in [6, 6.07) is 3.56. The Balaban J connectivity index is 1.63. The van der Waals surface area contributed by atoms with Crippen molar-refractivity contribution < 1.29 is 9.90 Å². The summed E-state index contributed by atoms with van der Waals surface area (Å²) in [7, 11) is 0. The second kappa shape index (κ2) is 7.13. The maximum atomic E-state index is 10.7. The van der Waals surface area contributed by atoms with E-state index in [1.54, 1.807) is 6.07 Å². The van der Waals surface area contributed by atoms with Crippen molar-refractivity contribution in [2.24, 2.45) is 0 Å². The van der Waals surface area contributed by atoms with Gasteiger partial charge in [-0.05, 0) is 12.1 Å². The third-order valence-corrected chi connectivity index (χ3v) is 4.90. The lowest BCUT2D eigenvalue weighted by Crippen LogP contribution is -2.37. The van der Waals surface area contributed by atoms with Crippen LogP contribution in [0.25, 0.3) is 0 Å². The quantitative estimate of drug-likeness (QED) is 0.778. The van der Waals surface area contributed by atoms with Crippen molar-refractivity contribution in [3.8, 4) is 0 Å². The van der Waals surface area contributed by atoms with Gasteiger partial charge in [-0.25, -0.2) is 4.79 Å². The Morgan fingerprint density at radius 3 is 2.83 bits per heavy atom. The average molecular weight is 286 g/mol. The highest BCUT2D eigenvalue weighted by Crippen LogP contribution is 2.15. The normalized spacial score (nSPS) is 16.9. The molecule has 0 aliphatic carbocycles. The summed E-state index contributed by atoms with van der Waals surface area (Å²) < 4.78 is 0. The SMILES string of the molecule is O=C(O)c1ccc(CNCCN2CCSCC2)s1. The van der Waals surface area contributed by atoms with Gasteiger partial charge >= 0.3 is 5.97 Å². The maximum absolute atomic E-state index is 10.7. The van der Waals surface area contributed by atoms with E-state index in [1.807, 2.05) is 17.8 Å². The minimum atomic E-state index is -0.836. The summed E-state index contributed by atoms with van der Waals surface area (Å²) in [5.41, 5.74) is 0. The van der Waals surface area contributed by atoms with Crippen LogP contribution in [0.2, 0.25) is 0 Å². The van der Waals surface area contributed by atoms with Crippen molar-refractivity contribution in [3.63, 3.8) is 0 Å². The van der Waals surface area contributed by atoms with Crippen LogP contribution in [0.15, 0.2) is 12.1 Å². The van der Waals surface area contributed by atoms with Gasteiger partial charge in [-0.3, -0.25) is 0 Å². The molecule has 0 aromatic carbocycles. The van der Waals surface area contributed by atoms with E-state index < -0.39 is 5.97 Å². The molecule has 2 N–H and O–H groups in total. The molecule has 1 aliphatic rings. The Kier molecular flexibility index (Phi) is 5.49. The third-order valence-electron chi connectivity index (χ3n) is 2.88. The van der Waals surface area contributed by atoms with E-state index in [0.717, 1.165) is 24.5 Å². The van der Waals surface area contributed by atoms with E-state index >= 15 is 0 Å². The Labute approximate surface area is 115 Å². The maximum Gasteiger partial charge on any atom is 0.345 e. The van der Waals surface area contributed by atoms with E-state index in [9.17, 15) is 4.79 Å². The number of hydrogen-bond acceptors (Lipinski definition) is 5. The van der Waals surface area contributed by atoms with Gasteiger partial charge in [-0.2, -0.15) is 11.8 Å². The average Bonchev–Trinajstić information content (AvgIpc) is 2.85. The van der Waals surface area contributed by atoms with Crippen LogP contribution < -0.4 is 5.32 Å². The fraction of sp³-hybridized carbons (Fsp3) is 0.583. The van der Waals surface area contributed by atoms with Crippen LogP contribution in [-0.4, -0.2) is 53.7 Å². The number of carboxylic acids is 1. The fourth-order valence-electron chi connectivity index (χ4n) is 1.86. The van der Waals surface area contributed by atoms with Crippen LogP contribution in [0, 0.1) is 0 Å². The Morgan fingerprint density at radius 1 is 1.39 bits per heavy atom. The molecule has 1 fully saturated rings. The molecule has 1 saturated heterocycles. The molecule has 100 valence electrons. The van der Waals surface area contributed by atoms with Gasteiger partial charge in [0, 0.05) is 49.1 Å². The number of carbonyl (C=O) groups is 1. The van der Waals surface area contributed by atoms with Gasteiger partial charge < -0.3 is 15.3 Å². The molecule has 0 bridgehead atoms. The van der Waals surface area contributed by atoms with Crippen LogP contribution in [0.4, 0.5) is 0 Å². The Morgan fingerprint density at radius 2 is 2.17 bits per heavy atom. The smallest absolute Gasteiger partial charge is 0.345 e. The van der Waals surface area contributed by atoms with Gasteiger partial charge in [0.1, 0.15) is 4.88 Å². The first kappa shape index (κ1) is 13.9. The van der Waals surface area contributed by atoms with Crippen molar-refractivity contribution in [3.05, 3.63) is 21.9 Å². The molecule has 2 heterocycles. The van der Waals surface area contributed by atoms with Gasteiger partial charge in [-0.15, -0.1) is 11.3 Å². The van der Waals surface area contributed by atoms with Gasteiger partial charge in [0.15, 0.2) is 0 Å². The molecule has 1 aromatic rings. The zero-order valence-corrected chi connectivity index (χ0v) is 11.9. The highest BCUT2D eigenvalue weighted by molar-refractivity contribution is 7.99. The van der Waals surface area contributed by atoms with Gasteiger partial charge in [0.05, 0.1) is 0 Å². The predicted molar refractivity (Wildman–Crippen MR) is 76.8 cm³/mol. The topological polar surface area (TPSA) is 52.6 Å². The molecule has 0 unspecified atom stereocenters. The standard InChI is InChI=1S/C12H18N2O2S2/c15-12(16)11-2-1-10(18-11)9-13-3-4-14-5-7-17-8-6-14/h1-2,13H,3-9H2,(H,15,16). The first-order valence-electron chi connectivity index (χ1n) is 6.08. The minimum Gasteiger partial charge on any atom is -0.477 e. The molecular formula is C12H18N2O2S2. The number of thiophene rings is 1. The molecule has 2 rings (SSSR count). The molecule has 6 heteroatoms. The summed E-state index contributed by atoms with van der Waals surface area (Å²) in [6.45, 7) is 5.19. The first-order valence-corrected chi connectivity index (χ1v) is 8.05. The number of carboxylic acid groups (broad SMARTS) is 1. The summed E-state index contributed by atoms with van der Waals surface area (Å²) in [5.74, 6) is 1.65. The van der Waals surface area contributed by atoms with Crippen molar-refractivity contribution in [2.45, 2.75) is 6.54 Å². The second-order valence-electron chi connectivity index (χ2n) is 4.20. The molecule has 1 aromatic heterocycles. The van der Waals surface area contributed by atoms with Crippen LogP contribution in [0.3, 0.4) is 0 Å². The zero-order valence-electron chi connectivity index (χ0n) is 10.2. The van der Waals surface area contributed by atoms with E-state index in [0.29, 0.717) is 4.88 Å². The molecule has 0 radical (unpaired) electrons. The molecule has 0 amide bonds. The number of thioether (sulfide) groups is 1. The molecule has 4 nitrogen and oxygen atoms in total. The third kappa shape index (κ3) is 4.28. The molecular weight excluding hydrogens is 268 g/mol. The van der Waals surface area contributed by atoms with Gasteiger partial charge in [-0.1, -0.05) is 0 Å². The minimum absolute atomic E-state index is 0.417. The molecule has 18 heavy (non-hydrogen) atoms. The Bertz CT molecular complexity index is 389. The van der Waals surface area contributed by atoms with Gasteiger partial charge in [0.2, 0.25) is 0 Å². The lowest BCUT2D eigenvalue weighted by atomic mass is 10.4. The fourth-order valence-corrected chi connectivity index (χ4v) is 3.66. The summed E-state index contributed by atoms with van der Waals surface area (Å²) in [5, 5.41) is 12.2. The lowest BCUT2D eigenvalue weighted by molar-refractivity contribution is 0.0702. The van der Waals surface area contributed by atoms with E-state index in [-0.39, 0.29) is 0 Å². The van der Waals surface area contributed by atoms with Gasteiger partial charge in [0.25, 0.3) is 0 Å². The number of hydrogen-bond donors (Lipinski definition) is 2. The number of nitrogens with zero attached hydrogens (tertiary/aromatic N) is 1. The van der Waals surface area contributed by atoms with Crippen molar-refractivity contribution in [1.82, 2.24) is 10.2 Å². The second-order valence-corrected chi connectivity index (χ2v) is 6.59. The van der Waals surface area contributed by atoms with E-state index in [4.69, 9.17) is 5.11 Å². The van der Waals surface area contributed by atoms with E-state index in [2.05, 4.69) is 10.2 Å². The zero-order chi connectivity index (χ0) is 12.8. The van der Waals surface area contributed by atoms with Crippen molar-refractivity contribution in [2.75, 3.05) is 37.7 Å². The summed E-state index contributed by atoms with van der Waals surface area (Å²) in [4.78, 5) is 14.7. The van der Waals surface area contributed by atoms with Crippen LogP contribution in [-0.2, 0) is 6.54 Å². The largest absolute Gasteiger partial charge is 0.477 e. The van der Waals surface area contributed by atoms with Crippen LogP contribution in [0.5, 0.6) is 0 Å². The molecule has 1 aliphatic heterocycles. The predicted octanol–water partition coefficient (Wildman–Crippen LogP) is 1.58. The van der Waals surface area contributed by atoms with Crippen molar-refractivity contribution in [1.29, 1.82) is 0 Å². The first-order chi connectivity index (χ1) is 8.75. The highest BCUT2D eigenvalue weighted by atomic mass is 32.2. The molecule has 0 atom stereocenters. The number of rotatable bonds is 6. The Hall–Kier alpha value is -0.560. The van der Waals surface area contributed by atoms with Crippen LogP contribution >= 0.6 is 23.1 Å². The summed E-state index contributed by atoms with van der Waals surface area (Å²) in [6.07, 6.45) is 0.